The van der Waals surface area contributed by atoms with E-state index >= 15 is 0 Å². The Morgan fingerprint density at radius 2 is 1.62 bits per heavy atom. The monoisotopic (exact) mass is 333 g/mol. The van der Waals surface area contributed by atoms with Crippen LogP contribution in [0.4, 0.5) is 18.9 Å². The number of nitrogens with one attached hydrogen (secondary N) is 1. The third-order valence-corrected chi connectivity index (χ3v) is 4.67. The topological polar surface area (TPSA) is 29.1 Å². The lowest BCUT2D eigenvalue weighted by atomic mass is 9.78. The smallest absolute Gasteiger partial charge is 0.325 e. The molecule has 1 aliphatic rings. The fourth-order valence-electron chi connectivity index (χ4n) is 3.41. The molecule has 0 saturated heterocycles. The number of alkyl halides is 3. The number of halogens is 3. The lowest BCUT2D eigenvalue weighted by molar-refractivity contribution is -0.137. The van der Waals surface area contributed by atoms with Gasteiger partial charge < -0.3 is 5.32 Å². The highest BCUT2D eigenvalue weighted by Crippen LogP contribution is 2.42. The van der Waals surface area contributed by atoms with Crippen molar-refractivity contribution in [1.29, 1.82) is 0 Å². The van der Waals surface area contributed by atoms with Gasteiger partial charge in [-0.3, -0.25) is 4.79 Å². The van der Waals surface area contributed by atoms with Gasteiger partial charge in [-0.2, -0.15) is 13.2 Å². The maximum Gasteiger partial charge on any atom is 0.416 e. The number of carbonyl (C=O) groups is 1. The first-order chi connectivity index (χ1) is 11.4. The zero-order chi connectivity index (χ0) is 17.2. The van der Waals surface area contributed by atoms with Gasteiger partial charge >= 0.3 is 6.18 Å². The van der Waals surface area contributed by atoms with Crippen LogP contribution in [0.3, 0.4) is 0 Å². The molecule has 3 rings (SSSR count). The third kappa shape index (κ3) is 3.16. The van der Waals surface area contributed by atoms with Gasteiger partial charge in [-0.1, -0.05) is 49.2 Å². The highest BCUT2D eigenvalue weighted by Gasteiger charge is 2.42. The second kappa shape index (κ2) is 6.30. The van der Waals surface area contributed by atoms with Crippen LogP contribution in [0.25, 0.3) is 0 Å². The van der Waals surface area contributed by atoms with Crippen molar-refractivity contribution in [3.8, 4) is 0 Å². The zero-order valence-electron chi connectivity index (χ0n) is 13.1. The van der Waals surface area contributed by atoms with Crippen molar-refractivity contribution in [2.24, 2.45) is 0 Å². The highest BCUT2D eigenvalue weighted by molar-refractivity contribution is 5.99. The first-order valence-corrected chi connectivity index (χ1v) is 7.96. The molecular formula is C19H18F3NO. The van der Waals surface area contributed by atoms with Crippen LogP contribution < -0.4 is 5.32 Å². The Bertz CT molecular complexity index is 719. The van der Waals surface area contributed by atoms with Gasteiger partial charge in [0.2, 0.25) is 5.91 Å². The van der Waals surface area contributed by atoms with Crippen LogP contribution in [0.5, 0.6) is 0 Å². The Hall–Kier alpha value is -2.30. The van der Waals surface area contributed by atoms with E-state index in [9.17, 15) is 18.0 Å². The van der Waals surface area contributed by atoms with E-state index in [4.69, 9.17) is 0 Å². The molecule has 2 aromatic rings. The minimum atomic E-state index is -4.43. The molecule has 0 radical (unpaired) electrons. The van der Waals surface area contributed by atoms with Crippen LogP contribution in [0.15, 0.2) is 54.6 Å². The van der Waals surface area contributed by atoms with E-state index in [0.29, 0.717) is 12.8 Å². The molecular weight excluding hydrogens is 315 g/mol. The van der Waals surface area contributed by atoms with Gasteiger partial charge in [0.15, 0.2) is 0 Å². The number of hydrogen-bond acceptors (Lipinski definition) is 1. The normalized spacial score (nSPS) is 16.8. The van der Waals surface area contributed by atoms with Crippen molar-refractivity contribution in [2.45, 2.75) is 37.3 Å². The molecule has 0 aliphatic heterocycles. The Balaban J connectivity index is 1.88. The number of hydrogen-bond donors (Lipinski definition) is 1. The molecule has 0 heterocycles. The average Bonchev–Trinajstić information content (AvgIpc) is 3.06. The molecule has 1 aliphatic carbocycles. The summed E-state index contributed by atoms with van der Waals surface area (Å²) in [6, 6.07) is 14.2. The summed E-state index contributed by atoms with van der Waals surface area (Å²) in [6.45, 7) is 0. The minimum Gasteiger partial charge on any atom is -0.325 e. The maximum atomic E-state index is 12.9. The maximum absolute atomic E-state index is 12.9. The molecule has 126 valence electrons. The molecule has 5 heteroatoms. The van der Waals surface area contributed by atoms with Gasteiger partial charge in [0.25, 0.3) is 0 Å². The summed E-state index contributed by atoms with van der Waals surface area (Å²) in [6.07, 6.45) is -1.13. The van der Waals surface area contributed by atoms with Crippen LogP contribution in [0.2, 0.25) is 0 Å². The van der Waals surface area contributed by atoms with E-state index in [1.54, 1.807) is 0 Å². The molecule has 0 aromatic heterocycles. The van der Waals surface area contributed by atoms with Gasteiger partial charge in [0.05, 0.1) is 11.0 Å². The second-order valence-corrected chi connectivity index (χ2v) is 6.19. The number of amides is 1. The van der Waals surface area contributed by atoms with Gasteiger partial charge in [-0.05, 0) is 36.6 Å². The standard InChI is InChI=1S/C19H18F3NO/c20-19(21,22)15-9-6-10-16(13-15)23-17(24)18(11-4-5-12-18)14-7-2-1-3-8-14/h1-3,6-10,13H,4-5,11-12H2,(H,23,24). The summed E-state index contributed by atoms with van der Waals surface area (Å²) in [5, 5.41) is 2.70. The Morgan fingerprint density at radius 3 is 2.25 bits per heavy atom. The third-order valence-electron chi connectivity index (χ3n) is 4.67. The lowest BCUT2D eigenvalue weighted by Crippen LogP contribution is -2.38. The summed E-state index contributed by atoms with van der Waals surface area (Å²) in [7, 11) is 0. The van der Waals surface area contributed by atoms with Crippen LogP contribution in [0.1, 0.15) is 36.8 Å². The molecule has 2 nitrogen and oxygen atoms in total. The van der Waals surface area contributed by atoms with Crippen LogP contribution in [0, 0.1) is 0 Å². The van der Waals surface area contributed by atoms with E-state index in [2.05, 4.69) is 5.32 Å². The fraction of sp³-hybridized carbons (Fsp3) is 0.316. The number of benzene rings is 2. The van der Waals surface area contributed by atoms with Crippen molar-refractivity contribution in [3.63, 3.8) is 0 Å². The Morgan fingerprint density at radius 1 is 0.958 bits per heavy atom. The molecule has 0 spiro atoms. The minimum absolute atomic E-state index is 0.178. The quantitative estimate of drug-likeness (QED) is 0.826. The summed E-state index contributed by atoms with van der Waals surface area (Å²) < 4.78 is 38.5. The van der Waals surface area contributed by atoms with Crippen LogP contribution in [-0.4, -0.2) is 5.91 Å². The predicted molar refractivity (Wildman–Crippen MR) is 86.7 cm³/mol. The first kappa shape index (κ1) is 16.6. The Labute approximate surface area is 138 Å². The molecule has 1 fully saturated rings. The second-order valence-electron chi connectivity index (χ2n) is 6.19. The number of anilines is 1. The molecule has 1 saturated carbocycles. The van der Waals surface area contributed by atoms with E-state index in [0.717, 1.165) is 30.5 Å². The molecule has 0 bridgehead atoms. The number of rotatable bonds is 3. The van der Waals surface area contributed by atoms with Crippen molar-refractivity contribution in [2.75, 3.05) is 5.32 Å². The lowest BCUT2D eigenvalue weighted by Gasteiger charge is -2.28. The predicted octanol–water partition coefficient (Wildman–Crippen LogP) is 5.16. The largest absolute Gasteiger partial charge is 0.416 e. The van der Waals surface area contributed by atoms with E-state index in [1.807, 2.05) is 30.3 Å². The highest BCUT2D eigenvalue weighted by atomic mass is 19.4. The van der Waals surface area contributed by atoms with Crippen LogP contribution in [-0.2, 0) is 16.4 Å². The van der Waals surface area contributed by atoms with Crippen molar-refractivity contribution in [1.82, 2.24) is 0 Å². The molecule has 1 amide bonds. The molecule has 24 heavy (non-hydrogen) atoms. The van der Waals surface area contributed by atoms with Gasteiger partial charge in [0, 0.05) is 5.69 Å². The van der Waals surface area contributed by atoms with E-state index in [-0.39, 0.29) is 11.6 Å². The summed E-state index contributed by atoms with van der Waals surface area (Å²) in [4.78, 5) is 12.9. The summed E-state index contributed by atoms with van der Waals surface area (Å²) >= 11 is 0. The van der Waals surface area contributed by atoms with Gasteiger partial charge in [-0.25, -0.2) is 0 Å². The fourth-order valence-corrected chi connectivity index (χ4v) is 3.41. The number of carbonyl (C=O) groups excluding carboxylic acids is 1. The molecule has 2 aromatic carbocycles. The molecule has 1 N–H and O–H groups in total. The first-order valence-electron chi connectivity index (χ1n) is 7.96. The molecule has 0 unspecified atom stereocenters. The van der Waals surface area contributed by atoms with Crippen molar-refractivity contribution < 1.29 is 18.0 Å². The van der Waals surface area contributed by atoms with Crippen molar-refractivity contribution in [3.05, 3.63) is 65.7 Å². The molecule has 0 atom stereocenters. The van der Waals surface area contributed by atoms with Gasteiger partial charge in [-0.15, -0.1) is 0 Å². The Kier molecular flexibility index (Phi) is 4.35. The van der Waals surface area contributed by atoms with Crippen LogP contribution >= 0.6 is 0 Å². The van der Waals surface area contributed by atoms with Gasteiger partial charge in [0.1, 0.15) is 0 Å². The summed E-state index contributed by atoms with van der Waals surface area (Å²) in [5.41, 5.74) is -0.320. The summed E-state index contributed by atoms with van der Waals surface area (Å²) in [5.74, 6) is -0.231. The van der Waals surface area contributed by atoms with E-state index in [1.165, 1.54) is 12.1 Å². The zero-order valence-corrected chi connectivity index (χ0v) is 13.1. The average molecular weight is 333 g/mol. The van der Waals surface area contributed by atoms with E-state index < -0.39 is 17.2 Å². The SMILES string of the molecule is O=C(Nc1cccc(C(F)(F)F)c1)C1(c2ccccc2)CCCC1. The van der Waals surface area contributed by atoms with Crippen molar-refractivity contribution >= 4 is 11.6 Å².